The molecule has 1 amide bonds. The highest BCUT2D eigenvalue weighted by Gasteiger charge is 2.47. The molecule has 1 aliphatic carbocycles. The quantitative estimate of drug-likeness (QED) is 0.321. The van der Waals surface area contributed by atoms with Crippen molar-refractivity contribution in [1.29, 1.82) is 5.26 Å². The van der Waals surface area contributed by atoms with Crippen LogP contribution in [0, 0.1) is 22.7 Å². The smallest absolute Gasteiger partial charge is 0.363 e. The Balaban J connectivity index is 1.42. The highest BCUT2D eigenvalue weighted by atomic mass is 79.9. The van der Waals surface area contributed by atoms with E-state index in [-0.39, 0.29) is 23.3 Å². The molecule has 0 radical (unpaired) electrons. The van der Waals surface area contributed by atoms with Crippen molar-refractivity contribution in [3.8, 4) is 6.07 Å². The van der Waals surface area contributed by atoms with Crippen LogP contribution in [0.2, 0.25) is 0 Å². The number of hydrogen-bond donors (Lipinski definition) is 2. The normalized spacial score (nSPS) is 21.2. The van der Waals surface area contributed by atoms with E-state index in [9.17, 15) is 23.2 Å². The second kappa shape index (κ2) is 9.72. The van der Waals surface area contributed by atoms with Gasteiger partial charge >= 0.3 is 6.18 Å². The number of benzene rings is 1. The Morgan fingerprint density at radius 3 is 2.61 bits per heavy atom. The first-order valence-electron chi connectivity index (χ1n) is 12.4. The van der Waals surface area contributed by atoms with Crippen molar-refractivity contribution in [3.63, 3.8) is 0 Å². The third-order valence-electron chi connectivity index (χ3n) is 7.52. The zero-order chi connectivity index (χ0) is 27.4. The molecule has 1 aliphatic heterocycles. The van der Waals surface area contributed by atoms with Gasteiger partial charge in [0.05, 0.1) is 11.6 Å². The summed E-state index contributed by atoms with van der Waals surface area (Å²) < 4.78 is 43.8. The zero-order valence-electron chi connectivity index (χ0n) is 21.1. The number of nitrogens with zero attached hydrogens (tertiary/aromatic N) is 3. The van der Waals surface area contributed by atoms with Gasteiger partial charge in [-0.25, -0.2) is 4.68 Å². The van der Waals surface area contributed by atoms with E-state index in [1.54, 1.807) is 24.3 Å². The van der Waals surface area contributed by atoms with Crippen molar-refractivity contribution < 1.29 is 18.0 Å². The standard InChI is InChI=1S/C27H27BrF3N5OS/c1-26(2,3)15-6-9-17-18(13-32)25(38-21(17)10-15)34-24(37)20-12-23-33-19(14-4-7-16(28)8-5-14)11-22(27(29,30)31)36(23)35-20/h4-5,7-8,12,15,19,22,33H,6,9-11H2,1-3H3,(H,34,37)/t15-,19+,22-/m1/s1. The van der Waals surface area contributed by atoms with Crippen LogP contribution in [0.15, 0.2) is 34.8 Å². The van der Waals surface area contributed by atoms with E-state index in [1.807, 2.05) is 0 Å². The molecule has 200 valence electrons. The average molecular weight is 607 g/mol. The summed E-state index contributed by atoms with van der Waals surface area (Å²) in [5, 5.41) is 20.2. The van der Waals surface area contributed by atoms with Gasteiger partial charge in [0.1, 0.15) is 16.9 Å². The Morgan fingerprint density at radius 2 is 1.97 bits per heavy atom. The first-order chi connectivity index (χ1) is 17.8. The minimum absolute atomic E-state index is 0.121. The zero-order valence-corrected chi connectivity index (χ0v) is 23.5. The van der Waals surface area contributed by atoms with Crippen LogP contribution in [0.4, 0.5) is 24.0 Å². The van der Waals surface area contributed by atoms with Crippen LogP contribution in [0.3, 0.4) is 0 Å². The van der Waals surface area contributed by atoms with Gasteiger partial charge < -0.3 is 10.6 Å². The van der Waals surface area contributed by atoms with Crippen molar-refractivity contribution in [2.24, 2.45) is 11.3 Å². The lowest BCUT2D eigenvalue weighted by atomic mass is 9.72. The fourth-order valence-electron chi connectivity index (χ4n) is 5.30. The number of hydrogen-bond acceptors (Lipinski definition) is 5. The fraction of sp³-hybridized carbons (Fsp3) is 0.444. The summed E-state index contributed by atoms with van der Waals surface area (Å²) in [6.07, 6.45) is -2.24. The Hall–Kier alpha value is -2.84. The molecule has 3 atom stereocenters. The van der Waals surface area contributed by atoms with Crippen LogP contribution < -0.4 is 10.6 Å². The van der Waals surface area contributed by atoms with Gasteiger partial charge in [-0.2, -0.15) is 23.5 Å². The van der Waals surface area contributed by atoms with Crippen LogP contribution in [0.1, 0.15) is 77.8 Å². The number of aromatic nitrogens is 2. The number of rotatable bonds is 3. The molecular weight excluding hydrogens is 579 g/mol. The van der Waals surface area contributed by atoms with Crippen molar-refractivity contribution in [2.75, 3.05) is 10.6 Å². The summed E-state index contributed by atoms with van der Waals surface area (Å²) in [6, 6.07) is 8.17. The number of thiophene rings is 1. The predicted octanol–water partition coefficient (Wildman–Crippen LogP) is 7.64. The Morgan fingerprint density at radius 1 is 1.26 bits per heavy atom. The van der Waals surface area contributed by atoms with Gasteiger partial charge in [-0.1, -0.05) is 48.8 Å². The maximum atomic E-state index is 14.0. The number of alkyl halides is 3. The summed E-state index contributed by atoms with van der Waals surface area (Å²) in [6.45, 7) is 6.61. The minimum atomic E-state index is -4.55. The maximum Gasteiger partial charge on any atom is 0.410 e. The first kappa shape index (κ1) is 26.8. The molecule has 38 heavy (non-hydrogen) atoms. The van der Waals surface area contributed by atoms with Crippen molar-refractivity contribution >= 4 is 44.0 Å². The lowest BCUT2D eigenvalue weighted by molar-refractivity contribution is -0.173. The predicted molar refractivity (Wildman–Crippen MR) is 144 cm³/mol. The molecule has 6 nitrogen and oxygen atoms in total. The number of anilines is 2. The molecule has 1 aromatic carbocycles. The number of halogens is 4. The number of nitriles is 1. The summed E-state index contributed by atoms with van der Waals surface area (Å²) in [5.74, 6) is -0.0550. The van der Waals surface area contributed by atoms with Crippen LogP contribution in [0.5, 0.6) is 0 Å². The minimum Gasteiger partial charge on any atom is -0.363 e. The lowest BCUT2D eigenvalue weighted by Gasteiger charge is -2.33. The summed E-state index contributed by atoms with van der Waals surface area (Å²) in [4.78, 5) is 14.3. The molecule has 0 spiro atoms. The second-order valence-electron chi connectivity index (χ2n) is 11.0. The summed E-state index contributed by atoms with van der Waals surface area (Å²) in [5.41, 5.74) is 2.10. The molecule has 0 bridgehead atoms. The largest absolute Gasteiger partial charge is 0.410 e. The van der Waals surface area contributed by atoms with Crippen LogP contribution in [0.25, 0.3) is 0 Å². The first-order valence-corrected chi connectivity index (χ1v) is 14.0. The third-order valence-corrected chi connectivity index (χ3v) is 9.22. The average Bonchev–Trinajstić information content (AvgIpc) is 3.43. The summed E-state index contributed by atoms with van der Waals surface area (Å²) in [7, 11) is 0. The highest BCUT2D eigenvalue weighted by Crippen LogP contribution is 2.45. The van der Waals surface area contributed by atoms with Gasteiger partial charge in [0.25, 0.3) is 5.91 Å². The highest BCUT2D eigenvalue weighted by molar-refractivity contribution is 9.10. The second-order valence-corrected chi connectivity index (χ2v) is 13.0. The van der Waals surface area contributed by atoms with Gasteiger partial charge in [0, 0.05) is 21.8 Å². The molecule has 2 N–H and O–H groups in total. The maximum absolute atomic E-state index is 14.0. The van der Waals surface area contributed by atoms with Gasteiger partial charge in [0.15, 0.2) is 11.7 Å². The molecule has 0 saturated carbocycles. The molecule has 3 aromatic rings. The SMILES string of the molecule is CC(C)(C)[C@@H]1CCc2c(sc(NC(=O)c3cc4n(n3)[C@@H](C(F)(F)F)C[C@@H](c3ccc(Br)cc3)N4)c2C#N)C1. The van der Waals surface area contributed by atoms with Crippen molar-refractivity contribution in [3.05, 3.63) is 62.1 Å². The molecule has 0 fully saturated rings. The third kappa shape index (κ3) is 5.08. The molecule has 2 aliphatic rings. The van der Waals surface area contributed by atoms with Gasteiger partial charge in [-0.15, -0.1) is 11.3 Å². The van der Waals surface area contributed by atoms with Gasteiger partial charge in [-0.05, 0) is 53.9 Å². The van der Waals surface area contributed by atoms with Crippen LogP contribution in [-0.2, 0) is 12.8 Å². The van der Waals surface area contributed by atoms with Gasteiger partial charge in [-0.3, -0.25) is 4.79 Å². The van der Waals surface area contributed by atoms with Gasteiger partial charge in [0.2, 0.25) is 0 Å². The van der Waals surface area contributed by atoms with Crippen molar-refractivity contribution in [1.82, 2.24) is 9.78 Å². The molecule has 11 heteroatoms. The van der Waals surface area contributed by atoms with E-state index in [0.717, 1.165) is 38.9 Å². The fourth-order valence-corrected chi connectivity index (χ4v) is 6.83. The number of fused-ring (bicyclic) bond motifs is 2. The van der Waals surface area contributed by atoms with E-state index >= 15 is 0 Å². The topological polar surface area (TPSA) is 82.7 Å². The molecule has 0 unspecified atom stereocenters. The van der Waals surface area contributed by atoms with E-state index in [4.69, 9.17) is 0 Å². The molecule has 2 aromatic heterocycles. The number of amides is 1. The lowest BCUT2D eigenvalue weighted by Crippen LogP contribution is -2.35. The van der Waals surface area contributed by atoms with E-state index in [0.29, 0.717) is 22.0 Å². The Labute approximate surface area is 231 Å². The number of nitrogens with one attached hydrogen (secondary N) is 2. The summed E-state index contributed by atoms with van der Waals surface area (Å²) >= 11 is 4.73. The van der Waals surface area contributed by atoms with Crippen LogP contribution >= 0.6 is 27.3 Å². The number of carbonyl (C=O) groups excluding carboxylic acids is 1. The Bertz CT molecular complexity index is 1410. The molecular formula is C27H27BrF3N5OS. The number of carbonyl (C=O) groups is 1. The van der Waals surface area contributed by atoms with E-state index in [2.05, 4.69) is 58.5 Å². The van der Waals surface area contributed by atoms with Crippen molar-refractivity contribution in [2.45, 2.75) is 64.7 Å². The van der Waals surface area contributed by atoms with E-state index in [1.165, 1.54) is 17.4 Å². The Kier molecular flexibility index (Phi) is 6.84. The molecule has 3 heterocycles. The van der Waals surface area contributed by atoms with E-state index < -0.39 is 24.2 Å². The monoisotopic (exact) mass is 605 g/mol. The molecule has 0 saturated heterocycles. The molecule has 5 rings (SSSR count). The van der Waals surface area contributed by atoms with Crippen LogP contribution in [-0.4, -0.2) is 21.9 Å².